The van der Waals surface area contributed by atoms with Crippen LogP contribution in [0.15, 0.2) is 39.7 Å². The predicted molar refractivity (Wildman–Crippen MR) is 73.9 cm³/mol. The number of anilines is 1. The van der Waals surface area contributed by atoms with Gasteiger partial charge in [0.05, 0.1) is 5.69 Å². The molecule has 2 rings (SSSR count). The maximum Gasteiger partial charge on any atom is 0.261 e. The number of nitrogens with one attached hydrogen (secondary N) is 2. The highest BCUT2D eigenvalue weighted by atomic mass is 79.9. The number of amides is 1. The van der Waals surface area contributed by atoms with E-state index in [9.17, 15) is 14.0 Å². The van der Waals surface area contributed by atoms with E-state index in [0.29, 0.717) is 10.2 Å². The van der Waals surface area contributed by atoms with Crippen molar-refractivity contribution in [1.82, 2.24) is 4.98 Å². The molecule has 2 aromatic rings. The normalized spacial score (nSPS) is 10.3. The second-order valence-corrected chi connectivity index (χ2v) is 4.83. The Balaban J connectivity index is 2.31. The fraction of sp³-hybridized carbons (Fsp3) is 0.0769. The number of H-pyrrole nitrogens is 1. The SMILES string of the molecule is Cc1cc(=O)c(C(=O)Nc2cc(F)ccc2Br)c[nH]1. The summed E-state index contributed by atoms with van der Waals surface area (Å²) in [4.78, 5) is 26.4. The van der Waals surface area contributed by atoms with E-state index in [2.05, 4.69) is 26.2 Å². The Labute approximate surface area is 116 Å². The van der Waals surface area contributed by atoms with Crippen molar-refractivity contribution in [2.45, 2.75) is 6.92 Å². The maximum absolute atomic E-state index is 13.1. The summed E-state index contributed by atoms with van der Waals surface area (Å²) in [7, 11) is 0. The second kappa shape index (κ2) is 5.36. The molecule has 0 radical (unpaired) electrons. The molecule has 19 heavy (non-hydrogen) atoms. The zero-order chi connectivity index (χ0) is 14.0. The first kappa shape index (κ1) is 13.5. The summed E-state index contributed by atoms with van der Waals surface area (Å²) in [5.41, 5.74) is 0.515. The van der Waals surface area contributed by atoms with Crippen LogP contribution in [0.3, 0.4) is 0 Å². The molecule has 0 unspecified atom stereocenters. The molecule has 4 nitrogen and oxygen atoms in total. The highest BCUT2D eigenvalue weighted by molar-refractivity contribution is 9.10. The van der Waals surface area contributed by atoms with Crippen LogP contribution in [-0.4, -0.2) is 10.9 Å². The minimum absolute atomic E-state index is 0.0261. The quantitative estimate of drug-likeness (QED) is 0.892. The summed E-state index contributed by atoms with van der Waals surface area (Å²) >= 11 is 3.19. The Hall–Kier alpha value is -1.95. The van der Waals surface area contributed by atoms with Gasteiger partial charge in [-0.25, -0.2) is 4.39 Å². The van der Waals surface area contributed by atoms with Gasteiger partial charge in [0.15, 0.2) is 5.43 Å². The standard InChI is InChI=1S/C13H10BrFN2O2/c1-7-4-12(18)9(6-16-7)13(19)17-11-5-8(15)2-3-10(11)14/h2-6H,1H3,(H,16,18)(H,17,19). The van der Waals surface area contributed by atoms with Crippen LogP contribution in [0, 0.1) is 12.7 Å². The number of carbonyl (C=O) groups excluding carboxylic acids is 1. The molecule has 0 fully saturated rings. The Morgan fingerprint density at radius 2 is 2.11 bits per heavy atom. The molecule has 6 heteroatoms. The summed E-state index contributed by atoms with van der Waals surface area (Å²) in [5, 5.41) is 2.48. The number of rotatable bonds is 2. The first-order chi connectivity index (χ1) is 8.97. The monoisotopic (exact) mass is 324 g/mol. The third kappa shape index (κ3) is 3.08. The van der Waals surface area contributed by atoms with Crippen LogP contribution in [0.5, 0.6) is 0 Å². The van der Waals surface area contributed by atoms with E-state index >= 15 is 0 Å². The molecule has 0 atom stereocenters. The van der Waals surface area contributed by atoms with Crippen LogP contribution in [0.4, 0.5) is 10.1 Å². The number of aromatic nitrogens is 1. The molecule has 1 aromatic heterocycles. The van der Waals surface area contributed by atoms with E-state index in [1.807, 2.05) is 0 Å². The minimum atomic E-state index is -0.590. The lowest BCUT2D eigenvalue weighted by Gasteiger charge is -2.07. The number of carbonyl (C=O) groups is 1. The van der Waals surface area contributed by atoms with Crippen molar-refractivity contribution in [1.29, 1.82) is 0 Å². The fourth-order valence-corrected chi connectivity index (χ4v) is 1.88. The Bertz CT molecular complexity index is 697. The number of aryl methyl sites for hydroxylation is 1. The molecule has 0 aliphatic heterocycles. The van der Waals surface area contributed by atoms with Crippen LogP contribution in [0.2, 0.25) is 0 Å². The lowest BCUT2D eigenvalue weighted by molar-refractivity contribution is 0.102. The van der Waals surface area contributed by atoms with E-state index in [4.69, 9.17) is 0 Å². The van der Waals surface area contributed by atoms with Crippen molar-refractivity contribution in [2.75, 3.05) is 5.32 Å². The van der Waals surface area contributed by atoms with Crippen LogP contribution < -0.4 is 10.7 Å². The maximum atomic E-state index is 13.1. The number of halogens is 2. The van der Waals surface area contributed by atoms with E-state index in [-0.39, 0.29) is 16.7 Å². The highest BCUT2D eigenvalue weighted by Gasteiger charge is 2.12. The van der Waals surface area contributed by atoms with Gasteiger partial charge in [-0.2, -0.15) is 0 Å². The van der Waals surface area contributed by atoms with Gasteiger partial charge in [-0.15, -0.1) is 0 Å². The topological polar surface area (TPSA) is 62.0 Å². The third-order valence-corrected chi connectivity index (χ3v) is 3.17. The van der Waals surface area contributed by atoms with Crippen LogP contribution >= 0.6 is 15.9 Å². The van der Waals surface area contributed by atoms with E-state index in [0.717, 1.165) is 0 Å². The van der Waals surface area contributed by atoms with Gasteiger partial charge in [-0.1, -0.05) is 0 Å². The number of hydrogen-bond donors (Lipinski definition) is 2. The molecular formula is C13H10BrFN2O2. The molecule has 1 aromatic carbocycles. The molecule has 0 saturated carbocycles. The molecule has 1 amide bonds. The molecule has 0 aliphatic carbocycles. The van der Waals surface area contributed by atoms with Crippen molar-refractivity contribution >= 4 is 27.5 Å². The van der Waals surface area contributed by atoms with Crippen molar-refractivity contribution in [3.63, 3.8) is 0 Å². The Kier molecular flexibility index (Phi) is 3.80. The highest BCUT2D eigenvalue weighted by Crippen LogP contribution is 2.23. The van der Waals surface area contributed by atoms with E-state index < -0.39 is 11.7 Å². The summed E-state index contributed by atoms with van der Waals surface area (Å²) in [6.07, 6.45) is 1.33. The van der Waals surface area contributed by atoms with Crippen molar-refractivity contribution in [2.24, 2.45) is 0 Å². The summed E-state index contributed by atoms with van der Waals surface area (Å²) in [6.45, 7) is 1.71. The summed E-state index contributed by atoms with van der Waals surface area (Å²) < 4.78 is 13.6. The summed E-state index contributed by atoms with van der Waals surface area (Å²) in [5.74, 6) is -1.07. The van der Waals surface area contributed by atoms with Crippen LogP contribution in [0.1, 0.15) is 16.1 Å². The number of pyridine rings is 1. The van der Waals surface area contributed by atoms with Crippen LogP contribution in [0.25, 0.3) is 0 Å². The van der Waals surface area contributed by atoms with E-state index in [1.54, 1.807) is 6.92 Å². The fourth-order valence-electron chi connectivity index (χ4n) is 1.53. The minimum Gasteiger partial charge on any atom is -0.364 e. The number of hydrogen-bond acceptors (Lipinski definition) is 2. The van der Waals surface area contributed by atoms with Gasteiger partial charge in [-0.05, 0) is 41.1 Å². The van der Waals surface area contributed by atoms with Crippen molar-refractivity contribution in [3.8, 4) is 0 Å². The van der Waals surface area contributed by atoms with E-state index in [1.165, 1.54) is 30.5 Å². The van der Waals surface area contributed by atoms with Gasteiger partial charge in [0.2, 0.25) is 0 Å². The number of benzene rings is 1. The first-order valence-corrected chi connectivity index (χ1v) is 6.22. The number of aromatic amines is 1. The molecule has 98 valence electrons. The van der Waals surface area contributed by atoms with Crippen molar-refractivity contribution < 1.29 is 9.18 Å². The third-order valence-electron chi connectivity index (χ3n) is 2.48. The molecule has 2 N–H and O–H groups in total. The van der Waals surface area contributed by atoms with Crippen LogP contribution in [-0.2, 0) is 0 Å². The van der Waals surface area contributed by atoms with Gasteiger partial charge in [-0.3, -0.25) is 9.59 Å². The van der Waals surface area contributed by atoms with Gasteiger partial charge < -0.3 is 10.3 Å². The van der Waals surface area contributed by atoms with Gasteiger partial charge in [0.1, 0.15) is 11.4 Å². The Morgan fingerprint density at radius 3 is 2.79 bits per heavy atom. The van der Waals surface area contributed by atoms with Gasteiger partial charge in [0, 0.05) is 22.4 Å². The average molecular weight is 325 g/mol. The lowest BCUT2D eigenvalue weighted by atomic mass is 10.2. The summed E-state index contributed by atoms with van der Waals surface area (Å²) in [6, 6.07) is 5.24. The van der Waals surface area contributed by atoms with Crippen molar-refractivity contribution in [3.05, 3.63) is 62.2 Å². The average Bonchev–Trinajstić information content (AvgIpc) is 2.33. The largest absolute Gasteiger partial charge is 0.364 e. The molecule has 1 heterocycles. The zero-order valence-corrected chi connectivity index (χ0v) is 11.5. The Morgan fingerprint density at radius 1 is 1.37 bits per heavy atom. The smallest absolute Gasteiger partial charge is 0.261 e. The first-order valence-electron chi connectivity index (χ1n) is 5.43. The zero-order valence-electron chi connectivity index (χ0n) is 9.96. The lowest BCUT2D eigenvalue weighted by Crippen LogP contribution is -2.21. The van der Waals surface area contributed by atoms with Gasteiger partial charge >= 0.3 is 0 Å². The molecular weight excluding hydrogens is 315 g/mol. The van der Waals surface area contributed by atoms with Gasteiger partial charge in [0.25, 0.3) is 5.91 Å². The molecule has 0 saturated heterocycles. The molecule has 0 spiro atoms. The second-order valence-electron chi connectivity index (χ2n) is 3.97. The molecule has 0 aliphatic rings. The molecule has 0 bridgehead atoms. The predicted octanol–water partition coefficient (Wildman–Crippen LogP) is 2.84.